The van der Waals surface area contributed by atoms with Gasteiger partial charge in [0.1, 0.15) is 6.61 Å². The van der Waals surface area contributed by atoms with Gasteiger partial charge in [-0.05, 0) is 30.7 Å². The van der Waals surface area contributed by atoms with Gasteiger partial charge >= 0.3 is 0 Å². The largest absolute Gasteiger partial charge is 0.384 e. The van der Waals surface area contributed by atoms with Gasteiger partial charge in [0.15, 0.2) is 5.82 Å². The predicted octanol–water partition coefficient (Wildman–Crippen LogP) is 0.674. The van der Waals surface area contributed by atoms with Crippen LogP contribution in [0.2, 0.25) is 0 Å². The number of hydrogen-bond acceptors (Lipinski definition) is 4. The van der Waals surface area contributed by atoms with Crippen LogP contribution in [0.4, 0.5) is 5.82 Å². The van der Waals surface area contributed by atoms with Crippen LogP contribution in [0.1, 0.15) is 21.5 Å². The van der Waals surface area contributed by atoms with E-state index in [2.05, 4.69) is 27.4 Å². The number of carbonyl (C=O) groups is 1. The number of anilines is 1. The Morgan fingerprint density at radius 2 is 2.19 bits per heavy atom. The molecule has 21 heavy (non-hydrogen) atoms. The number of carbonyl (C=O) groups excluding carboxylic acids is 1. The number of nitrogens with zero attached hydrogens (tertiary/aromatic N) is 1. The summed E-state index contributed by atoms with van der Waals surface area (Å²) in [5.41, 5.74) is 1.49. The Bertz CT molecular complexity index is 764. The van der Waals surface area contributed by atoms with E-state index in [9.17, 15) is 9.59 Å². The highest BCUT2D eigenvalue weighted by molar-refractivity contribution is 6.05. The van der Waals surface area contributed by atoms with Gasteiger partial charge in [-0.15, -0.1) is 0 Å². The van der Waals surface area contributed by atoms with Crippen LogP contribution in [0.3, 0.4) is 0 Å². The van der Waals surface area contributed by atoms with Gasteiger partial charge < -0.3 is 10.4 Å². The minimum absolute atomic E-state index is 0.239. The maximum atomic E-state index is 12.2. The van der Waals surface area contributed by atoms with Gasteiger partial charge in [0.05, 0.1) is 0 Å². The van der Waals surface area contributed by atoms with E-state index in [0.717, 1.165) is 0 Å². The topological polar surface area (TPSA) is 95.1 Å². The van der Waals surface area contributed by atoms with Crippen LogP contribution in [0.25, 0.3) is 0 Å². The van der Waals surface area contributed by atoms with E-state index in [-0.39, 0.29) is 23.9 Å². The molecule has 0 aliphatic carbocycles. The second kappa shape index (κ2) is 6.50. The van der Waals surface area contributed by atoms with Gasteiger partial charge in [-0.1, -0.05) is 17.9 Å². The lowest BCUT2D eigenvalue weighted by Gasteiger charge is -2.08. The molecule has 1 amide bonds. The summed E-state index contributed by atoms with van der Waals surface area (Å²) in [5.74, 6) is 5.24. The van der Waals surface area contributed by atoms with E-state index < -0.39 is 0 Å². The van der Waals surface area contributed by atoms with Crippen LogP contribution in [0.5, 0.6) is 0 Å². The Balaban J connectivity index is 2.27. The molecule has 0 fully saturated rings. The summed E-state index contributed by atoms with van der Waals surface area (Å²) in [5, 5.41) is 17.3. The highest BCUT2D eigenvalue weighted by Gasteiger charge is 2.11. The fourth-order valence-electron chi connectivity index (χ4n) is 1.75. The summed E-state index contributed by atoms with van der Waals surface area (Å²) in [7, 11) is 0. The third-order valence-corrected chi connectivity index (χ3v) is 2.80. The Labute approximate surface area is 120 Å². The summed E-state index contributed by atoms with van der Waals surface area (Å²) in [4.78, 5) is 23.1. The van der Waals surface area contributed by atoms with Crippen LogP contribution < -0.4 is 10.9 Å². The molecule has 6 heteroatoms. The van der Waals surface area contributed by atoms with E-state index in [1.165, 1.54) is 12.1 Å². The maximum Gasteiger partial charge on any atom is 0.264 e. The first kappa shape index (κ1) is 14.5. The number of rotatable bonds is 2. The van der Waals surface area contributed by atoms with Crippen LogP contribution in [0, 0.1) is 18.8 Å². The third-order valence-electron chi connectivity index (χ3n) is 2.80. The van der Waals surface area contributed by atoms with E-state index in [1.807, 2.05) is 0 Å². The van der Waals surface area contributed by atoms with Crippen molar-refractivity contribution in [2.24, 2.45) is 0 Å². The van der Waals surface area contributed by atoms with Crippen molar-refractivity contribution in [3.63, 3.8) is 0 Å². The highest BCUT2D eigenvalue weighted by atomic mass is 16.2. The normalized spacial score (nSPS) is 9.62. The lowest BCUT2D eigenvalue weighted by atomic mass is 10.0. The molecule has 0 saturated carbocycles. The number of aromatic amines is 1. The molecule has 0 aliphatic rings. The molecule has 1 aromatic heterocycles. The Morgan fingerprint density at radius 3 is 2.86 bits per heavy atom. The maximum absolute atomic E-state index is 12.2. The molecular formula is C15H13N3O3. The molecule has 0 spiro atoms. The summed E-state index contributed by atoms with van der Waals surface area (Å²) in [6.45, 7) is 1.54. The molecule has 0 radical (unpaired) electrons. The molecule has 0 aliphatic heterocycles. The zero-order chi connectivity index (χ0) is 15.2. The molecule has 0 unspecified atom stereocenters. The van der Waals surface area contributed by atoms with Gasteiger partial charge in [-0.3, -0.25) is 9.59 Å². The second-order valence-electron chi connectivity index (χ2n) is 4.20. The van der Waals surface area contributed by atoms with Gasteiger partial charge in [0.25, 0.3) is 11.5 Å². The van der Waals surface area contributed by atoms with E-state index in [4.69, 9.17) is 5.11 Å². The smallest absolute Gasteiger partial charge is 0.264 e. The fraction of sp³-hybridized carbons (Fsp3) is 0.133. The highest BCUT2D eigenvalue weighted by Crippen LogP contribution is 2.14. The molecular weight excluding hydrogens is 270 g/mol. The molecule has 6 nitrogen and oxygen atoms in total. The monoisotopic (exact) mass is 283 g/mol. The zero-order valence-corrected chi connectivity index (χ0v) is 11.3. The predicted molar refractivity (Wildman–Crippen MR) is 78.0 cm³/mol. The lowest BCUT2D eigenvalue weighted by Crippen LogP contribution is -2.17. The Morgan fingerprint density at radius 1 is 1.38 bits per heavy atom. The van der Waals surface area contributed by atoms with Crippen molar-refractivity contribution in [2.75, 3.05) is 11.9 Å². The molecule has 3 N–H and O–H groups in total. The minimum atomic E-state index is -0.348. The first-order chi connectivity index (χ1) is 10.1. The van der Waals surface area contributed by atoms with E-state index >= 15 is 0 Å². The Kier molecular flexibility index (Phi) is 4.49. The van der Waals surface area contributed by atoms with Crippen LogP contribution in [-0.2, 0) is 0 Å². The van der Waals surface area contributed by atoms with Crippen molar-refractivity contribution in [1.29, 1.82) is 0 Å². The fourth-order valence-corrected chi connectivity index (χ4v) is 1.75. The summed E-state index contributed by atoms with van der Waals surface area (Å²) in [6, 6.07) is 7.84. The lowest BCUT2D eigenvalue weighted by molar-refractivity contribution is 0.102. The number of nitrogens with one attached hydrogen (secondary N) is 2. The summed E-state index contributed by atoms with van der Waals surface area (Å²) < 4.78 is 0. The number of benzene rings is 1. The van der Waals surface area contributed by atoms with Crippen molar-refractivity contribution in [3.8, 4) is 11.8 Å². The quantitative estimate of drug-likeness (QED) is 0.706. The average molecular weight is 283 g/mol. The zero-order valence-electron chi connectivity index (χ0n) is 11.3. The number of aliphatic hydroxyl groups is 1. The molecule has 1 aromatic carbocycles. The van der Waals surface area contributed by atoms with Gasteiger partial charge in [-0.25, -0.2) is 5.10 Å². The van der Waals surface area contributed by atoms with Crippen molar-refractivity contribution in [3.05, 3.63) is 57.4 Å². The molecule has 0 bridgehead atoms. The number of aromatic nitrogens is 2. The molecule has 2 aromatic rings. The van der Waals surface area contributed by atoms with E-state index in [0.29, 0.717) is 16.7 Å². The van der Waals surface area contributed by atoms with Gasteiger partial charge in [0, 0.05) is 17.2 Å². The number of hydrogen-bond donors (Lipinski definition) is 3. The molecule has 106 valence electrons. The second-order valence-corrected chi connectivity index (χ2v) is 4.20. The van der Waals surface area contributed by atoms with Crippen LogP contribution in [-0.4, -0.2) is 27.8 Å². The summed E-state index contributed by atoms with van der Waals surface area (Å²) in [6.07, 6.45) is 0. The molecule has 0 atom stereocenters. The number of H-pyrrole nitrogens is 1. The van der Waals surface area contributed by atoms with Gasteiger partial charge in [-0.2, -0.15) is 5.10 Å². The van der Waals surface area contributed by atoms with Crippen molar-refractivity contribution in [1.82, 2.24) is 10.2 Å². The van der Waals surface area contributed by atoms with Crippen molar-refractivity contribution in [2.45, 2.75) is 6.92 Å². The SMILES string of the molecule is Cc1c(C#CCO)cccc1C(=O)Nc1ccc(=O)[nH]n1. The standard InChI is InChI=1S/C15H13N3O3/c1-10-11(5-3-9-19)4-2-6-12(10)15(21)16-13-7-8-14(20)18-17-13/h2,4,6-8,19H,9H2,1H3,(H,18,20)(H,16,17,21). The van der Waals surface area contributed by atoms with E-state index in [1.54, 1.807) is 25.1 Å². The summed E-state index contributed by atoms with van der Waals surface area (Å²) >= 11 is 0. The average Bonchev–Trinajstić information content (AvgIpc) is 2.48. The first-order valence-corrected chi connectivity index (χ1v) is 6.18. The third kappa shape index (κ3) is 3.55. The van der Waals surface area contributed by atoms with Crippen molar-refractivity contribution >= 4 is 11.7 Å². The molecule has 2 rings (SSSR count). The van der Waals surface area contributed by atoms with Gasteiger partial charge in [0.2, 0.25) is 0 Å². The van der Waals surface area contributed by atoms with Crippen molar-refractivity contribution < 1.29 is 9.90 Å². The first-order valence-electron chi connectivity index (χ1n) is 6.18. The number of amides is 1. The van der Waals surface area contributed by atoms with Crippen LogP contribution >= 0.6 is 0 Å². The van der Waals surface area contributed by atoms with Crippen LogP contribution in [0.15, 0.2) is 35.1 Å². The Hall–Kier alpha value is -2.91. The molecule has 0 saturated heterocycles. The minimum Gasteiger partial charge on any atom is -0.384 e. The molecule has 1 heterocycles. The number of aliphatic hydroxyl groups excluding tert-OH is 1.